The third-order valence-corrected chi connectivity index (χ3v) is 3.64. The summed E-state index contributed by atoms with van der Waals surface area (Å²) in [5.74, 6) is 0.242. The summed E-state index contributed by atoms with van der Waals surface area (Å²) < 4.78 is 49.7. The van der Waals surface area contributed by atoms with Gasteiger partial charge in [0.25, 0.3) is 0 Å². The number of anilines is 2. The van der Waals surface area contributed by atoms with E-state index in [-0.39, 0.29) is 12.6 Å². The first-order chi connectivity index (χ1) is 12.4. The summed E-state index contributed by atoms with van der Waals surface area (Å²) in [7, 11) is 1.55. The van der Waals surface area contributed by atoms with E-state index in [1.165, 1.54) is 0 Å². The quantitative estimate of drug-likeness (QED) is 0.615. The number of nitrogens with zero attached hydrogens (tertiary/aromatic N) is 2. The van der Waals surface area contributed by atoms with Crippen LogP contribution in [0.15, 0.2) is 30.5 Å². The van der Waals surface area contributed by atoms with Crippen LogP contribution in [-0.2, 0) is 6.18 Å². The lowest BCUT2D eigenvalue weighted by molar-refractivity contribution is -0.139. The molecule has 1 N–H and O–H groups in total. The molecule has 8 heteroatoms. The second kappa shape index (κ2) is 9.26. The Hall–Kier alpha value is -2.51. The normalized spacial score (nSPS) is 11.3. The Bertz CT molecular complexity index is 691. The zero-order valence-corrected chi connectivity index (χ0v) is 14.8. The van der Waals surface area contributed by atoms with Crippen LogP contribution in [0.25, 0.3) is 0 Å². The molecular weight excluding hydrogens is 347 g/mol. The predicted octanol–water partition coefficient (Wildman–Crippen LogP) is 5.21. The van der Waals surface area contributed by atoms with Crippen molar-refractivity contribution >= 4 is 11.6 Å². The Kier molecular flexibility index (Phi) is 7.06. The van der Waals surface area contributed by atoms with Crippen LogP contribution < -0.4 is 14.8 Å². The second-order valence-corrected chi connectivity index (χ2v) is 5.67. The average Bonchev–Trinajstić information content (AvgIpc) is 2.61. The van der Waals surface area contributed by atoms with Gasteiger partial charge in [0.1, 0.15) is 11.3 Å². The lowest BCUT2D eigenvalue weighted by Gasteiger charge is -2.14. The molecule has 0 amide bonds. The highest BCUT2D eigenvalue weighted by Gasteiger charge is 2.36. The Labute approximate surface area is 150 Å². The van der Waals surface area contributed by atoms with E-state index in [4.69, 9.17) is 9.47 Å². The van der Waals surface area contributed by atoms with E-state index in [1.807, 2.05) is 0 Å². The van der Waals surface area contributed by atoms with Gasteiger partial charge in [-0.25, -0.2) is 4.98 Å². The first-order valence-electron chi connectivity index (χ1n) is 8.42. The van der Waals surface area contributed by atoms with Crippen LogP contribution in [0.3, 0.4) is 0 Å². The van der Waals surface area contributed by atoms with Gasteiger partial charge in [0, 0.05) is 11.9 Å². The molecule has 2 aromatic rings. The summed E-state index contributed by atoms with van der Waals surface area (Å²) in [6.45, 7) is 2.24. The van der Waals surface area contributed by atoms with Crippen molar-refractivity contribution in [3.63, 3.8) is 0 Å². The number of hydrogen-bond acceptors (Lipinski definition) is 5. The minimum absolute atomic E-state index is 0.0340. The molecule has 0 bridgehead atoms. The number of ether oxygens (including phenoxy) is 2. The van der Waals surface area contributed by atoms with Gasteiger partial charge in [0.15, 0.2) is 0 Å². The molecule has 0 aliphatic rings. The van der Waals surface area contributed by atoms with Gasteiger partial charge in [-0.1, -0.05) is 26.2 Å². The Morgan fingerprint density at radius 2 is 1.81 bits per heavy atom. The van der Waals surface area contributed by atoms with Crippen molar-refractivity contribution < 1.29 is 22.6 Å². The van der Waals surface area contributed by atoms with Gasteiger partial charge >= 0.3 is 6.18 Å². The smallest absolute Gasteiger partial charge is 0.423 e. The van der Waals surface area contributed by atoms with Crippen molar-refractivity contribution in [2.24, 2.45) is 0 Å². The van der Waals surface area contributed by atoms with Crippen molar-refractivity contribution in [1.82, 2.24) is 9.97 Å². The largest absolute Gasteiger partial charge is 0.497 e. The van der Waals surface area contributed by atoms with E-state index in [0.29, 0.717) is 17.9 Å². The van der Waals surface area contributed by atoms with Gasteiger partial charge in [-0.2, -0.15) is 18.2 Å². The molecule has 0 atom stereocenters. The minimum atomic E-state index is -4.57. The number of alkyl halides is 3. The molecule has 1 aromatic heterocycles. The van der Waals surface area contributed by atoms with Gasteiger partial charge < -0.3 is 14.8 Å². The van der Waals surface area contributed by atoms with E-state index in [2.05, 4.69) is 22.2 Å². The molecule has 2 rings (SSSR count). The molecule has 142 valence electrons. The minimum Gasteiger partial charge on any atom is -0.497 e. The molecule has 0 saturated carbocycles. The van der Waals surface area contributed by atoms with E-state index >= 15 is 0 Å². The number of halogens is 3. The fraction of sp³-hybridized carbons (Fsp3) is 0.444. The number of aromatic nitrogens is 2. The Morgan fingerprint density at radius 1 is 1.08 bits per heavy atom. The molecule has 0 spiro atoms. The first-order valence-corrected chi connectivity index (χ1v) is 8.42. The van der Waals surface area contributed by atoms with E-state index in [1.54, 1.807) is 31.4 Å². The molecule has 0 aliphatic carbocycles. The first kappa shape index (κ1) is 19.8. The van der Waals surface area contributed by atoms with E-state index in [9.17, 15) is 13.2 Å². The van der Waals surface area contributed by atoms with E-state index in [0.717, 1.165) is 25.5 Å². The van der Waals surface area contributed by atoms with Crippen molar-refractivity contribution in [1.29, 1.82) is 0 Å². The molecule has 26 heavy (non-hydrogen) atoms. The summed E-state index contributed by atoms with van der Waals surface area (Å²) in [5.41, 5.74) is -0.354. The SMILES string of the molecule is CCCCCCOc1nc(Nc2ccc(OC)cc2)ncc1C(F)(F)F. The van der Waals surface area contributed by atoms with Crippen LogP contribution in [0.2, 0.25) is 0 Å². The fourth-order valence-corrected chi connectivity index (χ4v) is 2.23. The van der Waals surface area contributed by atoms with Crippen molar-refractivity contribution in [3.05, 3.63) is 36.0 Å². The molecule has 5 nitrogen and oxygen atoms in total. The molecular formula is C18H22F3N3O2. The van der Waals surface area contributed by atoms with Crippen LogP contribution in [0.1, 0.15) is 38.2 Å². The van der Waals surface area contributed by atoms with Crippen LogP contribution in [0, 0.1) is 0 Å². The number of nitrogens with one attached hydrogen (secondary N) is 1. The second-order valence-electron chi connectivity index (χ2n) is 5.67. The molecule has 0 unspecified atom stereocenters. The summed E-state index contributed by atoms with van der Waals surface area (Å²) in [5, 5.41) is 2.86. The standard InChI is InChI=1S/C18H22F3N3O2/c1-3-4-5-6-11-26-16-15(18(19,20)21)12-22-17(24-16)23-13-7-9-14(25-2)10-8-13/h7-10,12H,3-6,11H2,1-2H3,(H,22,23,24). The van der Waals surface area contributed by atoms with Crippen molar-refractivity contribution in [2.45, 2.75) is 38.8 Å². The molecule has 1 aromatic carbocycles. The highest BCUT2D eigenvalue weighted by molar-refractivity contribution is 5.55. The lowest BCUT2D eigenvalue weighted by atomic mass is 10.2. The number of rotatable bonds is 9. The van der Waals surface area contributed by atoms with Gasteiger partial charge in [-0.15, -0.1) is 0 Å². The maximum Gasteiger partial charge on any atom is 0.423 e. The molecule has 0 fully saturated rings. The fourth-order valence-electron chi connectivity index (χ4n) is 2.23. The maximum absolute atomic E-state index is 13.1. The van der Waals surface area contributed by atoms with Crippen molar-refractivity contribution in [2.75, 3.05) is 19.0 Å². The summed E-state index contributed by atoms with van der Waals surface area (Å²) in [6, 6.07) is 6.87. The van der Waals surface area contributed by atoms with Crippen LogP contribution in [0.4, 0.5) is 24.8 Å². The molecule has 0 saturated heterocycles. The highest BCUT2D eigenvalue weighted by Crippen LogP contribution is 2.35. The van der Waals surface area contributed by atoms with Crippen LogP contribution >= 0.6 is 0 Å². The third kappa shape index (κ3) is 5.79. The monoisotopic (exact) mass is 369 g/mol. The summed E-state index contributed by atoms with van der Waals surface area (Å²) >= 11 is 0. The molecule has 0 radical (unpaired) electrons. The Balaban J connectivity index is 2.13. The predicted molar refractivity (Wildman–Crippen MR) is 92.9 cm³/mol. The highest BCUT2D eigenvalue weighted by atomic mass is 19.4. The third-order valence-electron chi connectivity index (χ3n) is 3.64. The zero-order chi connectivity index (χ0) is 19.0. The van der Waals surface area contributed by atoms with Gasteiger partial charge in [0.05, 0.1) is 13.7 Å². The van der Waals surface area contributed by atoms with Crippen molar-refractivity contribution in [3.8, 4) is 11.6 Å². The number of hydrogen-bond donors (Lipinski definition) is 1. The number of benzene rings is 1. The van der Waals surface area contributed by atoms with Gasteiger partial charge in [-0.3, -0.25) is 0 Å². The number of methoxy groups -OCH3 is 1. The van der Waals surface area contributed by atoms with Crippen LogP contribution in [-0.4, -0.2) is 23.7 Å². The maximum atomic E-state index is 13.1. The van der Waals surface area contributed by atoms with Gasteiger partial charge in [-0.05, 0) is 30.7 Å². The lowest BCUT2D eigenvalue weighted by Crippen LogP contribution is -2.13. The summed E-state index contributed by atoms with van der Waals surface area (Å²) in [4.78, 5) is 7.65. The van der Waals surface area contributed by atoms with E-state index < -0.39 is 17.6 Å². The Morgan fingerprint density at radius 3 is 2.42 bits per heavy atom. The molecule has 1 heterocycles. The van der Waals surface area contributed by atoms with Crippen LogP contribution in [0.5, 0.6) is 11.6 Å². The zero-order valence-electron chi connectivity index (χ0n) is 14.8. The topological polar surface area (TPSA) is 56.3 Å². The average molecular weight is 369 g/mol. The molecule has 0 aliphatic heterocycles. The summed E-state index contributed by atoms with van der Waals surface area (Å²) in [6.07, 6.45) is -0.200. The number of unbranched alkanes of at least 4 members (excludes halogenated alkanes) is 3. The van der Waals surface area contributed by atoms with Gasteiger partial charge in [0.2, 0.25) is 11.8 Å².